The van der Waals surface area contributed by atoms with E-state index in [1.165, 1.54) is 0 Å². The van der Waals surface area contributed by atoms with E-state index in [9.17, 15) is 4.79 Å². The summed E-state index contributed by atoms with van der Waals surface area (Å²) < 4.78 is 0. The van der Waals surface area contributed by atoms with Crippen molar-refractivity contribution in [3.63, 3.8) is 0 Å². The summed E-state index contributed by atoms with van der Waals surface area (Å²) >= 11 is 5.65. The van der Waals surface area contributed by atoms with Crippen LogP contribution in [0.1, 0.15) is 19.4 Å². The van der Waals surface area contributed by atoms with Crippen molar-refractivity contribution in [2.45, 2.75) is 19.3 Å². The molecule has 1 aromatic carbocycles. The Morgan fingerprint density at radius 2 is 1.79 bits per heavy atom. The van der Waals surface area contributed by atoms with E-state index in [-0.39, 0.29) is 5.91 Å². The van der Waals surface area contributed by atoms with E-state index in [4.69, 9.17) is 11.6 Å². The molecule has 0 aliphatic rings. The van der Waals surface area contributed by atoms with Crippen LogP contribution < -0.4 is 5.32 Å². The van der Waals surface area contributed by atoms with Gasteiger partial charge in [-0.3, -0.25) is 4.79 Å². The number of rotatable bonds is 3. The largest absolute Gasteiger partial charge is 0.308 e. The Labute approximate surface area is 116 Å². The van der Waals surface area contributed by atoms with Gasteiger partial charge >= 0.3 is 0 Å². The standard InChI is InChI=1S/C14H14ClN3O/c1-14(2,10-6-4-3-5-7-10)13(19)16-12-9-8-11(15)17-18-12/h3-9H,1-2H3,(H,16,18,19). The lowest BCUT2D eigenvalue weighted by atomic mass is 9.84. The molecule has 0 aliphatic heterocycles. The Kier molecular flexibility index (Phi) is 3.81. The van der Waals surface area contributed by atoms with Gasteiger partial charge in [-0.2, -0.15) is 0 Å². The Hall–Kier alpha value is -1.94. The maximum Gasteiger partial charge on any atom is 0.235 e. The normalized spacial score (nSPS) is 11.1. The van der Waals surface area contributed by atoms with Crippen LogP contribution in [0.2, 0.25) is 5.15 Å². The minimum atomic E-state index is -0.650. The van der Waals surface area contributed by atoms with Crippen LogP contribution in [0.15, 0.2) is 42.5 Å². The van der Waals surface area contributed by atoms with Crippen molar-refractivity contribution in [3.8, 4) is 0 Å². The van der Waals surface area contributed by atoms with Gasteiger partial charge in [0.25, 0.3) is 0 Å². The van der Waals surface area contributed by atoms with Crippen LogP contribution in [0.4, 0.5) is 5.82 Å². The van der Waals surface area contributed by atoms with E-state index in [0.717, 1.165) is 5.56 Å². The van der Waals surface area contributed by atoms with Gasteiger partial charge in [0, 0.05) is 0 Å². The number of benzene rings is 1. The fraction of sp³-hybridized carbons (Fsp3) is 0.214. The number of nitrogens with one attached hydrogen (secondary N) is 1. The molecule has 0 saturated heterocycles. The first kappa shape index (κ1) is 13.5. The number of amides is 1. The zero-order valence-corrected chi connectivity index (χ0v) is 11.5. The maximum atomic E-state index is 12.3. The highest BCUT2D eigenvalue weighted by Crippen LogP contribution is 2.24. The third kappa shape index (κ3) is 3.09. The highest BCUT2D eigenvalue weighted by Gasteiger charge is 2.29. The minimum absolute atomic E-state index is 0.143. The zero-order chi connectivity index (χ0) is 13.9. The van der Waals surface area contributed by atoms with Crippen LogP contribution in [0.25, 0.3) is 0 Å². The van der Waals surface area contributed by atoms with Gasteiger partial charge in [-0.25, -0.2) is 0 Å². The van der Waals surface area contributed by atoms with Gasteiger partial charge in [0.2, 0.25) is 5.91 Å². The fourth-order valence-corrected chi connectivity index (χ4v) is 1.74. The topological polar surface area (TPSA) is 54.9 Å². The van der Waals surface area contributed by atoms with Crippen LogP contribution in [-0.4, -0.2) is 16.1 Å². The van der Waals surface area contributed by atoms with E-state index in [2.05, 4.69) is 15.5 Å². The summed E-state index contributed by atoms with van der Waals surface area (Å²) in [5.74, 6) is 0.244. The molecule has 0 unspecified atom stereocenters. The van der Waals surface area contributed by atoms with Gasteiger partial charge in [0.05, 0.1) is 5.41 Å². The van der Waals surface area contributed by atoms with Gasteiger partial charge in [-0.1, -0.05) is 41.9 Å². The molecule has 5 heteroatoms. The van der Waals surface area contributed by atoms with E-state index < -0.39 is 5.41 Å². The minimum Gasteiger partial charge on any atom is -0.308 e. The predicted octanol–water partition coefficient (Wildman–Crippen LogP) is 3.05. The van der Waals surface area contributed by atoms with Gasteiger partial charge in [-0.05, 0) is 31.5 Å². The Balaban J connectivity index is 2.17. The number of carbonyl (C=O) groups is 1. The van der Waals surface area contributed by atoms with Gasteiger partial charge in [-0.15, -0.1) is 10.2 Å². The quantitative estimate of drug-likeness (QED) is 0.937. The van der Waals surface area contributed by atoms with Crippen LogP contribution in [0, 0.1) is 0 Å². The molecule has 98 valence electrons. The molecule has 0 atom stereocenters. The summed E-state index contributed by atoms with van der Waals surface area (Å²) in [5, 5.41) is 10.5. The predicted molar refractivity (Wildman–Crippen MR) is 75.1 cm³/mol. The Bertz CT molecular complexity index is 567. The van der Waals surface area contributed by atoms with Crippen LogP contribution in [0.3, 0.4) is 0 Å². The lowest BCUT2D eigenvalue weighted by molar-refractivity contribution is -0.120. The number of halogens is 1. The van der Waals surface area contributed by atoms with Crippen molar-refractivity contribution >= 4 is 23.3 Å². The molecule has 0 radical (unpaired) electrons. The van der Waals surface area contributed by atoms with E-state index in [1.807, 2.05) is 44.2 Å². The molecular weight excluding hydrogens is 262 g/mol. The second-order valence-electron chi connectivity index (χ2n) is 4.69. The van der Waals surface area contributed by atoms with Crippen molar-refractivity contribution in [1.82, 2.24) is 10.2 Å². The molecular formula is C14H14ClN3O. The zero-order valence-electron chi connectivity index (χ0n) is 10.7. The smallest absolute Gasteiger partial charge is 0.235 e. The summed E-state index contributed by atoms with van der Waals surface area (Å²) in [6.45, 7) is 3.72. The molecule has 1 aromatic heterocycles. The van der Waals surface area contributed by atoms with Crippen molar-refractivity contribution in [3.05, 3.63) is 53.2 Å². The number of anilines is 1. The van der Waals surface area contributed by atoms with Crippen molar-refractivity contribution in [2.75, 3.05) is 5.32 Å². The Morgan fingerprint density at radius 1 is 1.11 bits per heavy atom. The molecule has 2 aromatic rings. The average molecular weight is 276 g/mol. The molecule has 0 spiro atoms. The molecule has 0 aliphatic carbocycles. The van der Waals surface area contributed by atoms with Crippen LogP contribution in [-0.2, 0) is 10.2 Å². The highest BCUT2D eigenvalue weighted by molar-refractivity contribution is 6.29. The molecule has 0 saturated carbocycles. The third-order valence-corrected chi connectivity index (χ3v) is 3.14. The molecule has 0 fully saturated rings. The fourth-order valence-electron chi connectivity index (χ4n) is 1.64. The molecule has 4 nitrogen and oxygen atoms in total. The van der Waals surface area contributed by atoms with Gasteiger partial charge in [0.1, 0.15) is 0 Å². The number of nitrogens with zero attached hydrogens (tertiary/aromatic N) is 2. The van der Waals surface area contributed by atoms with Gasteiger partial charge in [0.15, 0.2) is 11.0 Å². The molecule has 19 heavy (non-hydrogen) atoms. The second-order valence-corrected chi connectivity index (χ2v) is 5.07. The second kappa shape index (κ2) is 5.36. The monoisotopic (exact) mass is 275 g/mol. The summed E-state index contributed by atoms with van der Waals surface area (Å²) in [5.41, 5.74) is 0.289. The van der Waals surface area contributed by atoms with E-state index in [1.54, 1.807) is 12.1 Å². The van der Waals surface area contributed by atoms with Crippen LogP contribution >= 0.6 is 11.6 Å². The first-order valence-corrected chi connectivity index (χ1v) is 6.24. The SMILES string of the molecule is CC(C)(C(=O)Nc1ccc(Cl)nn1)c1ccccc1. The van der Waals surface area contributed by atoms with Crippen molar-refractivity contribution in [1.29, 1.82) is 0 Å². The molecule has 1 amide bonds. The number of hydrogen-bond donors (Lipinski definition) is 1. The maximum absolute atomic E-state index is 12.3. The first-order chi connectivity index (χ1) is 9.00. The summed E-state index contributed by atoms with van der Waals surface area (Å²) in [4.78, 5) is 12.3. The lowest BCUT2D eigenvalue weighted by Gasteiger charge is -2.23. The van der Waals surface area contributed by atoms with Crippen LogP contribution in [0.5, 0.6) is 0 Å². The lowest BCUT2D eigenvalue weighted by Crippen LogP contribution is -2.35. The average Bonchev–Trinajstić information content (AvgIpc) is 2.42. The van der Waals surface area contributed by atoms with E-state index >= 15 is 0 Å². The van der Waals surface area contributed by atoms with E-state index in [0.29, 0.717) is 11.0 Å². The third-order valence-electron chi connectivity index (χ3n) is 2.94. The molecule has 1 N–H and O–H groups in total. The number of hydrogen-bond acceptors (Lipinski definition) is 3. The summed E-state index contributed by atoms with van der Waals surface area (Å²) in [6, 6.07) is 12.8. The number of carbonyl (C=O) groups excluding carboxylic acids is 1. The summed E-state index contributed by atoms with van der Waals surface area (Å²) in [6.07, 6.45) is 0. The molecule has 2 rings (SSSR count). The molecule has 0 bridgehead atoms. The van der Waals surface area contributed by atoms with Crippen molar-refractivity contribution < 1.29 is 4.79 Å². The van der Waals surface area contributed by atoms with Crippen molar-refractivity contribution in [2.24, 2.45) is 0 Å². The first-order valence-electron chi connectivity index (χ1n) is 5.86. The summed E-state index contributed by atoms with van der Waals surface area (Å²) in [7, 11) is 0. The Morgan fingerprint density at radius 3 is 2.37 bits per heavy atom. The van der Waals surface area contributed by atoms with Gasteiger partial charge < -0.3 is 5.32 Å². The molecule has 1 heterocycles. The highest BCUT2D eigenvalue weighted by atomic mass is 35.5. The number of aromatic nitrogens is 2.